The molecule has 26 heavy (non-hydrogen) atoms. The molecule has 0 atom stereocenters. The number of carbonyl (C=O) groups is 1. The molecule has 0 bridgehead atoms. The first kappa shape index (κ1) is 20.1. The number of nitrogens with zero attached hydrogens (tertiary/aromatic N) is 3. The van der Waals surface area contributed by atoms with E-state index >= 15 is 0 Å². The number of hydrogen-bond donors (Lipinski definition) is 1. The molecule has 0 saturated carbocycles. The van der Waals surface area contributed by atoms with Crippen LogP contribution in [0.1, 0.15) is 27.7 Å². The van der Waals surface area contributed by atoms with Crippen molar-refractivity contribution in [1.29, 1.82) is 0 Å². The molecule has 0 unspecified atom stereocenters. The van der Waals surface area contributed by atoms with Gasteiger partial charge in [0.15, 0.2) is 0 Å². The maximum atomic E-state index is 12.3. The summed E-state index contributed by atoms with van der Waals surface area (Å²) in [4.78, 5) is 18.2. The zero-order valence-electron chi connectivity index (χ0n) is 14.4. The van der Waals surface area contributed by atoms with Crippen LogP contribution in [0.25, 0.3) is 11.3 Å². The largest absolute Gasteiger partial charge is 0.361 e. The van der Waals surface area contributed by atoms with Crippen LogP contribution in [0.4, 0.5) is 0 Å². The molecule has 6 nitrogen and oxygen atoms in total. The van der Waals surface area contributed by atoms with Gasteiger partial charge in [0.2, 0.25) is 0 Å². The second-order valence-electron chi connectivity index (χ2n) is 5.71. The fraction of sp³-hybridized carbons (Fsp3) is 0.278. The van der Waals surface area contributed by atoms with Crippen LogP contribution < -0.4 is 5.73 Å². The number of amides is 1. The molecule has 0 aliphatic carbocycles. The Hall–Kier alpha value is -2.22. The highest BCUT2D eigenvalue weighted by molar-refractivity contribution is 7.09. The van der Waals surface area contributed by atoms with Crippen LogP contribution in [-0.4, -0.2) is 34.5 Å². The Morgan fingerprint density at radius 1 is 1.31 bits per heavy atom. The van der Waals surface area contributed by atoms with Crippen molar-refractivity contribution in [2.24, 2.45) is 5.73 Å². The minimum Gasteiger partial charge on any atom is -0.361 e. The molecule has 2 heterocycles. The average molecular weight is 393 g/mol. The van der Waals surface area contributed by atoms with Crippen molar-refractivity contribution in [3.63, 3.8) is 0 Å². The quantitative estimate of drug-likeness (QED) is 0.666. The first-order chi connectivity index (χ1) is 12.2. The molecule has 0 radical (unpaired) electrons. The third-order valence-corrected chi connectivity index (χ3v) is 4.71. The topological polar surface area (TPSA) is 85.2 Å². The number of halogens is 1. The zero-order chi connectivity index (χ0) is 17.6. The van der Waals surface area contributed by atoms with Gasteiger partial charge in [-0.15, -0.1) is 23.7 Å². The molecule has 2 N–H and O–H groups in total. The van der Waals surface area contributed by atoms with Crippen LogP contribution in [0, 0.1) is 0 Å². The maximum Gasteiger partial charge on any atom is 0.273 e. The summed E-state index contributed by atoms with van der Waals surface area (Å²) >= 11 is 1.41. The van der Waals surface area contributed by atoms with Crippen LogP contribution in [0.3, 0.4) is 0 Å². The van der Waals surface area contributed by atoms with Gasteiger partial charge in [-0.1, -0.05) is 35.5 Å². The second kappa shape index (κ2) is 9.47. The van der Waals surface area contributed by atoms with Crippen LogP contribution in [0.2, 0.25) is 0 Å². The standard InChI is InChI=1S/C18H20N4O2S.ClH/c1-22(18(23)16-12-25-17(11-19)20-16)9-5-8-14-10-15(21-24-14)13-6-3-2-4-7-13;/h2-4,6-7,10,12H,5,8-9,11,19H2,1H3;1H. The smallest absolute Gasteiger partial charge is 0.273 e. The fourth-order valence-electron chi connectivity index (χ4n) is 2.47. The summed E-state index contributed by atoms with van der Waals surface area (Å²) in [5.41, 5.74) is 7.85. The van der Waals surface area contributed by atoms with Crippen LogP contribution in [0.5, 0.6) is 0 Å². The molecule has 2 aromatic heterocycles. The van der Waals surface area contributed by atoms with Gasteiger partial charge in [-0.25, -0.2) is 4.98 Å². The predicted octanol–water partition coefficient (Wildman–Crippen LogP) is 3.38. The number of nitrogens with two attached hydrogens (primary N) is 1. The van der Waals surface area contributed by atoms with Crippen molar-refractivity contribution in [1.82, 2.24) is 15.0 Å². The van der Waals surface area contributed by atoms with Crippen molar-refractivity contribution in [3.05, 3.63) is 58.2 Å². The molecule has 138 valence electrons. The summed E-state index contributed by atoms with van der Waals surface area (Å²) < 4.78 is 5.39. The van der Waals surface area contributed by atoms with E-state index in [4.69, 9.17) is 10.3 Å². The van der Waals surface area contributed by atoms with Gasteiger partial charge >= 0.3 is 0 Å². The highest BCUT2D eigenvalue weighted by Crippen LogP contribution is 2.19. The Morgan fingerprint density at radius 3 is 2.77 bits per heavy atom. The summed E-state index contributed by atoms with van der Waals surface area (Å²) in [6, 6.07) is 11.9. The number of rotatable bonds is 7. The first-order valence-electron chi connectivity index (χ1n) is 8.08. The highest BCUT2D eigenvalue weighted by Gasteiger charge is 2.15. The minimum absolute atomic E-state index is 0. The van der Waals surface area contributed by atoms with E-state index in [9.17, 15) is 4.79 Å². The van der Waals surface area contributed by atoms with E-state index < -0.39 is 0 Å². The molecule has 0 saturated heterocycles. The van der Waals surface area contributed by atoms with Gasteiger partial charge in [-0.3, -0.25) is 4.79 Å². The van der Waals surface area contributed by atoms with Gasteiger partial charge in [0.25, 0.3) is 5.91 Å². The highest BCUT2D eigenvalue weighted by atomic mass is 35.5. The van der Waals surface area contributed by atoms with Crippen LogP contribution in [-0.2, 0) is 13.0 Å². The molecular weight excluding hydrogens is 372 g/mol. The number of aryl methyl sites for hydroxylation is 1. The number of benzene rings is 1. The van der Waals surface area contributed by atoms with E-state index in [0.29, 0.717) is 18.8 Å². The van der Waals surface area contributed by atoms with Gasteiger partial charge in [0.05, 0.1) is 0 Å². The van der Waals surface area contributed by atoms with Crippen molar-refractivity contribution in [3.8, 4) is 11.3 Å². The third-order valence-electron chi connectivity index (χ3n) is 3.84. The van der Waals surface area contributed by atoms with E-state index in [1.807, 2.05) is 36.4 Å². The summed E-state index contributed by atoms with van der Waals surface area (Å²) in [6.07, 6.45) is 1.52. The first-order valence-corrected chi connectivity index (χ1v) is 8.96. The predicted molar refractivity (Wildman–Crippen MR) is 104 cm³/mol. The van der Waals surface area contributed by atoms with Gasteiger partial charge in [-0.05, 0) is 6.42 Å². The number of aromatic nitrogens is 2. The van der Waals surface area contributed by atoms with Crippen molar-refractivity contribution < 1.29 is 9.32 Å². The van der Waals surface area contributed by atoms with Crippen molar-refractivity contribution in [2.75, 3.05) is 13.6 Å². The van der Waals surface area contributed by atoms with Gasteiger partial charge in [0.1, 0.15) is 22.2 Å². The maximum absolute atomic E-state index is 12.3. The van der Waals surface area contributed by atoms with E-state index in [1.165, 1.54) is 11.3 Å². The summed E-state index contributed by atoms with van der Waals surface area (Å²) in [7, 11) is 1.78. The lowest BCUT2D eigenvalue weighted by atomic mass is 10.1. The Labute approximate surface area is 162 Å². The SMILES string of the molecule is CN(CCCc1cc(-c2ccccc2)no1)C(=O)c1csc(CN)n1.Cl. The second-order valence-corrected chi connectivity index (χ2v) is 6.65. The molecule has 0 aliphatic heterocycles. The molecule has 1 amide bonds. The number of hydrogen-bond acceptors (Lipinski definition) is 6. The lowest BCUT2D eigenvalue weighted by Gasteiger charge is -2.15. The van der Waals surface area contributed by atoms with Crippen LogP contribution in [0.15, 0.2) is 46.3 Å². The molecule has 3 rings (SSSR count). The lowest BCUT2D eigenvalue weighted by Crippen LogP contribution is -2.28. The fourth-order valence-corrected chi connectivity index (χ4v) is 3.11. The summed E-state index contributed by atoms with van der Waals surface area (Å²) in [5, 5.41) is 6.63. The summed E-state index contributed by atoms with van der Waals surface area (Å²) in [5.74, 6) is 0.734. The van der Waals surface area contributed by atoms with E-state index in [1.54, 1.807) is 17.3 Å². The molecular formula is C18H21ClN4O2S. The number of carbonyl (C=O) groups excluding carboxylic acids is 1. The molecule has 0 aliphatic rings. The molecule has 0 fully saturated rings. The zero-order valence-corrected chi connectivity index (χ0v) is 16.1. The molecule has 3 aromatic rings. The van der Waals surface area contributed by atoms with Gasteiger partial charge in [0, 0.05) is 43.6 Å². The Balaban J connectivity index is 0.00000243. The van der Waals surface area contributed by atoms with E-state index in [-0.39, 0.29) is 18.3 Å². The van der Waals surface area contributed by atoms with E-state index in [0.717, 1.165) is 34.9 Å². The van der Waals surface area contributed by atoms with Crippen LogP contribution >= 0.6 is 23.7 Å². The minimum atomic E-state index is -0.0847. The molecule has 8 heteroatoms. The van der Waals surface area contributed by atoms with Gasteiger partial charge < -0.3 is 15.2 Å². The molecule has 1 aromatic carbocycles. The van der Waals surface area contributed by atoms with Crippen molar-refractivity contribution in [2.45, 2.75) is 19.4 Å². The Bertz CT molecular complexity index is 835. The normalized spacial score (nSPS) is 10.4. The molecule has 0 spiro atoms. The third kappa shape index (κ3) is 4.91. The lowest BCUT2D eigenvalue weighted by molar-refractivity contribution is 0.0787. The van der Waals surface area contributed by atoms with Gasteiger partial charge in [-0.2, -0.15) is 0 Å². The Morgan fingerprint density at radius 2 is 2.08 bits per heavy atom. The number of thiazole rings is 1. The average Bonchev–Trinajstić information content (AvgIpc) is 3.31. The van der Waals surface area contributed by atoms with E-state index in [2.05, 4.69) is 10.1 Å². The van der Waals surface area contributed by atoms with Crippen molar-refractivity contribution >= 4 is 29.7 Å². The Kier molecular flexibility index (Phi) is 7.32. The monoisotopic (exact) mass is 392 g/mol. The summed E-state index contributed by atoms with van der Waals surface area (Å²) in [6.45, 7) is 0.979.